The third-order valence-corrected chi connectivity index (χ3v) is 6.90. The standard InChI is InChI=1S/C23H17FN4O3S/c24-17-7-8-19-20(15-6-9-21-16(10-15)12-27(26-21)14-23(25)29)13-28(22(19)11-17)32(30,31)18-4-2-1-3-5-18/h1-13H,14H2,(H2,25,29). The van der Waals surface area contributed by atoms with Crippen LogP contribution in [0.25, 0.3) is 32.9 Å². The number of amides is 1. The second-order valence-electron chi connectivity index (χ2n) is 7.38. The first-order valence-corrected chi connectivity index (χ1v) is 11.1. The van der Waals surface area contributed by atoms with Gasteiger partial charge in [0, 0.05) is 28.7 Å². The van der Waals surface area contributed by atoms with Gasteiger partial charge in [-0.3, -0.25) is 9.48 Å². The monoisotopic (exact) mass is 448 g/mol. The van der Waals surface area contributed by atoms with E-state index in [1.165, 1.54) is 35.1 Å². The molecule has 7 nitrogen and oxygen atoms in total. The molecule has 5 rings (SSSR count). The zero-order chi connectivity index (χ0) is 22.5. The Labute approximate surface area is 182 Å². The lowest BCUT2D eigenvalue weighted by Gasteiger charge is -2.07. The van der Waals surface area contributed by atoms with Crippen LogP contribution in [0.3, 0.4) is 0 Å². The molecule has 160 valence electrons. The predicted molar refractivity (Wildman–Crippen MR) is 119 cm³/mol. The van der Waals surface area contributed by atoms with Crippen molar-refractivity contribution in [2.24, 2.45) is 5.73 Å². The number of rotatable bonds is 5. The number of nitrogens with two attached hydrogens (primary N) is 1. The molecule has 0 aliphatic carbocycles. The Balaban J connectivity index is 1.71. The summed E-state index contributed by atoms with van der Waals surface area (Å²) in [6.07, 6.45) is 3.20. The van der Waals surface area contributed by atoms with Crippen LogP contribution < -0.4 is 5.73 Å². The number of hydrogen-bond donors (Lipinski definition) is 1. The normalized spacial score (nSPS) is 11.9. The van der Waals surface area contributed by atoms with Gasteiger partial charge >= 0.3 is 0 Å². The maximum absolute atomic E-state index is 14.1. The summed E-state index contributed by atoms with van der Waals surface area (Å²) in [5.74, 6) is -1.04. The highest BCUT2D eigenvalue weighted by Gasteiger charge is 2.22. The van der Waals surface area contributed by atoms with Gasteiger partial charge in [-0.25, -0.2) is 16.8 Å². The van der Waals surface area contributed by atoms with Crippen molar-refractivity contribution in [2.75, 3.05) is 0 Å². The lowest BCUT2D eigenvalue weighted by atomic mass is 10.0. The minimum Gasteiger partial charge on any atom is -0.368 e. The lowest BCUT2D eigenvalue weighted by Crippen LogP contribution is -2.18. The highest BCUT2D eigenvalue weighted by Crippen LogP contribution is 2.34. The van der Waals surface area contributed by atoms with Crippen LogP contribution in [0.15, 0.2) is 84.0 Å². The molecule has 0 aliphatic rings. The Morgan fingerprint density at radius 1 is 1.00 bits per heavy atom. The Bertz CT molecular complexity index is 1600. The van der Waals surface area contributed by atoms with E-state index in [-0.39, 0.29) is 17.0 Å². The van der Waals surface area contributed by atoms with Crippen molar-refractivity contribution in [1.82, 2.24) is 13.8 Å². The summed E-state index contributed by atoms with van der Waals surface area (Å²) in [5.41, 5.74) is 7.52. The Morgan fingerprint density at radius 2 is 1.78 bits per heavy atom. The van der Waals surface area contributed by atoms with E-state index in [2.05, 4.69) is 5.10 Å². The third-order valence-electron chi connectivity index (χ3n) is 5.21. The fraction of sp³-hybridized carbons (Fsp3) is 0.0435. The van der Waals surface area contributed by atoms with Crippen LogP contribution in [0.5, 0.6) is 0 Å². The van der Waals surface area contributed by atoms with Crippen LogP contribution in [0.1, 0.15) is 0 Å². The zero-order valence-corrected chi connectivity index (χ0v) is 17.5. The zero-order valence-electron chi connectivity index (χ0n) is 16.6. The number of halogens is 1. The molecule has 9 heteroatoms. The summed E-state index contributed by atoms with van der Waals surface area (Å²) in [7, 11) is -3.94. The molecule has 2 heterocycles. The smallest absolute Gasteiger partial charge is 0.268 e. The van der Waals surface area contributed by atoms with Gasteiger partial charge in [0.2, 0.25) is 5.91 Å². The van der Waals surface area contributed by atoms with Crippen molar-refractivity contribution in [3.05, 3.63) is 84.9 Å². The summed E-state index contributed by atoms with van der Waals surface area (Å²) in [4.78, 5) is 11.3. The quantitative estimate of drug-likeness (QED) is 0.445. The van der Waals surface area contributed by atoms with Crippen LogP contribution in [0.4, 0.5) is 4.39 Å². The molecule has 0 radical (unpaired) electrons. The number of fused-ring (bicyclic) bond motifs is 2. The van der Waals surface area contributed by atoms with Gasteiger partial charge in [-0.2, -0.15) is 5.10 Å². The van der Waals surface area contributed by atoms with Crippen molar-refractivity contribution in [2.45, 2.75) is 11.4 Å². The summed E-state index contributed by atoms with van der Waals surface area (Å²) in [5, 5.41) is 5.66. The van der Waals surface area contributed by atoms with E-state index in [0.717, 1.165) is 14.9 Å². The van der Waals surface area contributed by atoms with Gasteiger partial charge in [0.25, 0.3) is 10.0 Å². The summed E-state index contributed by atoms with van der Waals surface area (Å²) < 4.78 is 43.2. The number of carbonyl (C=O) groups is 1. The molecule has 1 amide bonds. The SMILES string of the molecule is NC(=O)Cn1cc2cc(-c3cn(S(=O)(=O)c4ccccc4)c4cc(F)ccc34)ccc2n1. The van der Waals surface area contributed by atoms with Crippen LogP contribution in [0, 0.1) is 5.82 Å². The molecule has 0 spiro atoms. The number of benzene rings is 3. The Kier molecular flexibility index (Phi) is 4.56. The van der Waals surface area contributed by atoms with Crippen molar-refractivity contribution >= 4 is 37.7 Å². The summed E-state index contributed by atoms with van der Waals surface area (Å²) in [6, 6.07) is 17.5. The average Bonchev–Trinajstić information content (AvgIpc) is 3.34. The molecule has 0 unspecified atom stereocenters. The molecule has 2 N–H and O–H groups in total. The molecule has 2 aromatic heterocycles. The fourth-order valence-corrected chi connectivity index (χ4v) is 5.17. The first-order chi connectivity index (χ1) is 15.3. The minimum absolute atomic E-state index is 0.0437. The Hall–Kier alpha value is -3.98. The summed E-state index contributed by atoms with van der Waals surface area (Å²) in [6.45, 7) is -0.0437. The van der Waals surface area contributed by atoms with E-state index in [9.17, 15) is 17.6 Å². The highest BCUT2D eigenvalue weighted by molar-refractivity contribution is 7.90. The molecule has 0 saturated carbocycles. The molecule has 0 fully saturated rings. The highest BCUT2D eigenvalue weighted by atomic mass is 32.2. The van der Waals surface area contributed by atoms with Crippen molar-refractivity contribution in [3.8, 4) is 11.1 Å². The maximum Gasteiger partial charge on any atom is 0.268 e. The van der Waals surface area contributed by atoms with Gasteiger partial charge in [0.05, 0.1) is 15.9 Å². The van der Waals surface area contributed by atoms with Crippen LogP contribution in [0.2, 0.25) is 0 Å². The first-order valence-electron chi connectivity index (χ1n) is 9.70. The second-order valence-corrected chi connectivity index (χ2v) is 9.20. The number of nitrogens with zero attached hydrogens (tertiary/aromatic N) is 3. The first kappa shape index (κ1) is 20.0. The van der Waals surface area contributed by atoms with Gasteiger partial charge in [-0.1, -0.05) is 24.3 Å². The molecule has 0 bridgehead atoms. The van der Waals surface area contributed by atoms with Gasteiger partial charge in [0.1, 0.15) is 12.4 Å². The third kappa shape index (κ3) is 3.32. The van der Waals surface area contributed by atoms with E-state index in [0.29, 0.717) is 16.5 Å². The van der Waals surface area contributed by atoms with Gasteiger partial charge in [0.15, 0.2) is 0 Å². The van der Waals surface area contributed by atoms with E-state index in [4.69, 9.17) is 5.73 Å². The van der Waals surface area contributed by atoms with Crippen LogP contribution in [-0.4, -0.2) is 28.1 Å². The Morgan fingerprint density at radius 3 is 2.53 bits per heavy atom. The van der Waals surface area contributed by atoms with Crippen molar-refractivity contribution in [1.29, 1.82) is 0 Å². The molecular weight excluding hydrogens is 431 g/mol. The molecule has 0 aliphatic heterocycles. The predicted octanol–water partition coefficient (Wildman–Crippen LogP) is 3.52. The topological polar surface area (TPSA) is 100.0 Å². The number of primary amides is 1. The molecule has 5 aromatic rings. The van der Waals surface area contributed by atoms with E-state index >= 15 is 0 Å². The van der Waals surface area contributed by atoms with Crippen LogP contribution >= 0.6 is 0 Å². The van der Waals surface area contributed by atoms with E-state index in [1.54, 1.807) is 36.5 Å². The van der Waals surface area contributed by atoms with E-state index in [1.807, 2.05) is 12.1 Å². The molecular formula is C23H17FN4O3S. The van der Waals surface area contributed by atoms with Gasteiger partial charge < -0.3 is 5.73 Å². The average molecular weight is 448 g/mol. The molecule has 0 saturated heterocycles. The molecule has 3 aromatic carbocycles. The van der Waals surface area contributed by atoms with Gasteiger partial charge in [-0.15, -0.1) is 0 Å². The summed E-state index contributed by atoms with van der Waals surface area (Å²) >= 11 is 0. The van der Waals surface area contributed by atoms with Gasteiger partial charge in [-0.05, 0) is 48.0 Å². The molecule has 0 atom stereocenters. The number of hydrogen-bond acceptors (Lipinski definition) is 4. The number of carbonyl (C=O) groups excluding carboxylic acids is 1. The van der Waals surface area contributed by atoms with Crippen molar-refractivity contribution in [3.63, 3.8) is 0 Å². The van der Waals surface area contributed by atoms with E-state index < -0.39 is 21.7 Å². The fourth-order valence-electron chi connectivity index (χ4n) is 3.79. The number of aromatic nitrogens is 3. The second kappa shape index (κ2) is 7.31. The van der Waals surface area contributed by atoms with Crippen LogP contribution in [-0.2, 0) is 21.4 Å². The largest absolute Gasteiger partial charge is 0.368 e. The maximum atomic E-state index is 14.1. The molecule has 32 heavy (non-hydrogen) atoms. The minimum atomic E-state index is -3.94. The lowest BCUT2D eigenvalue weighted by molar-refractivity contribution is -0.118. The van der Waals surface area contributed by atoms with Crippen molar-refractivity contribution < 1.29 is 17.6 Å².